The van der Waals surface area contributed by atoms with Crippen LogP contribution in [0.1, 0.15) is 63.2 Å². The molecule has 0 radical (unpaired) electrons. The largest absolute Gasteiger partial charge is 0.493 e. The van der Waals surface area contributed by atoms with Crippen molar-refractivity contribution in [3.05, 3.63) is 65.2 Å². The van der Waals surface area contributed by atoms with E-state index in [1.807, 2.05) is 0 Å². The summed E-state index contributed by atoms with van der Waals surface area (Å²) in [7, 11) is 0. The lowest BCUT2D eigenvalue weighted by molar-refractivity contribution is 0.0421. The highest BCUT2D eigenvalue weighted by atomic mass is 16.5. The number of rotatable bonds is 7. The number of carbonyl (C=O) groups excluding carboxylic acids is 3. The van der Waals surface area contributed by atoms with Crippen LogP contribution in [0, 0.1) is 5.92 Å². The van der Waals surface area contributed by atoms with Crippen LogP contribution < -0.4 is 4.74 Å². The fourth-order valence-corrected chi connectivity index (χ4v) is 4.14. The van der Waals surface area contributed by atoms with Gasteiger partial charge in [0.05, 0.1) is 23.8 Å². The standard InChI is InChI=1S/C24H25NO5/c26-21-11-4-1-6-17(21)15-30-18-8-5-7-16(14-18)22(27)12-13-25-23(28)19-9-2-3-10-20(19)24(25)29/h2-3,5,7-10,14,17,21,26H,1,4,6,11-13,15H2/t17-,21-/m1/s1. The molecule has 2 aromatic rings. The number of ketones is 1. The maximum Gasteiger partial charge on any atom is 0.261 e. The van der Waals surface area contributed by atoms with Gasteiger partial charge in [0.15, 0.2) is 5.78 Å². The maximum atomic E-state index is 12.7. The molecule has 0 spiro atoms. The van der Waals surface area contributed by atoms with Gasteiger partial charge in [-0.15, -0.1) is 0 Å². The third-order valence-electron chi connectivity index (χ3n) is 5.93. The summed E-state index contributed by atoms with van der Waals surface area (Å²) in [6.07, 6.45) is 3.62. The molecule has 4 rings (SSSR count). The molecule has 6 nitrogen and oxygen atoms in total. The molecule has 0 bridgehead atoms. The number of ether oxygens (including phenoxy) is 1. The second kappa shape index (κ2) is 8.79. The molecule has 0 saturated heterocycles. The molecular formula is C24H25NO5. The molecule has 2 amide bonds. The van der Waals surface area contributed by atoms with Gasteiger partial charge in [-0.3, -0.25) is 19.3 Å². The van der Waals surface area contributed by atoms with Gasteiger partial charge in [0.25, 0.3) is 11.8 Å². The third-order valence-corrected chi connectivity index (χ3v) is 5.93. The zero-order valence-electron chi connectivity index (χ0n) is 16.8. The van der Waals surface area contributed by atoms with Crippen molar-refractivity contribution in [2.75, 3.05) is 13.2 Å². The predicted molar refractivity (Wildman–Crippen MR) is 111 cm³/mol. The van der Waals surface area contributed by atoms with E-state index in [0.717, 1.165) is 30.6 Å². The predicted octanol–water partition coefficient (Wildman–Crippen LogP) is 3.49. The van der Waals surface area contributed by atoms with E-state index in [1.165, 1.54) is 0 Å². The zero-order chi connectivity index (χ0) is 21.1. The van der Waals surface area contributed by atoms with Gasteiger partial charge in [-0.05, 0) is 37.1 Å². The second-order valence-corrected chi connectivity index (χ2v) is 7.93. The van der Waals surface area contributed by atoms with E-state index < -0.39 is 0 Å². The highest BCUT2D eigenvalue weighted by Crippen LogP contribution is 2.26. The number of amides is 2. The van der Waals surface area contributed by atoms with Gasteiger partial charge in [0.2, 0.25) is 0 Å². The van der Waals surface area contributed by atoms with Crippen LogP contribution >= 0.6 is 0 Å². The minimum absolute atomic E-state index is 0.0462. The average Bonchev–Trinajstić information content (AvgIpc) is 3.02. The minimum atomic E-state index is -0.355. The van der Waals surface area contributed by atoms with Crippen molar-refractivity contribution in [3.8, 4) is 5.75 Å². The Morgan fingerprint density at radius 3 is 2.40 bits per heavy atom. The minimum Gasteiger partial charge on any atom is -0.493 e. The molecular weight excluding hydrogens is 382 g/mol. The number of aliphatic hydroxyl groups is 1. The quantitative estimate of drug-likeness (QED) is 0.561. The van der Waals surface area contributed by atoms with E-state index in [-0.39, 0.29) is 42.6 Å². The van der Waals surface area contributed by atoms with Gasteiger partial charge in [0.1, 0.15) is 5.75 Å². The summed E-state index contributed by atoms with van der Waals surface area (Å²) < 4.78 is 5.83. The Bertz CT molecular complexity index is 935. The summed E-state index contributed by atoms with van der Waals surface area (Å²) in [5.41, 5.74) is 1.25. The summed E-state index contributed by atoms with van der Waals surface area (Å²) in [6, 6.07) is 13.6. The summed E-state index contributed by atoms with van der Waals surface area (Å²) in [5, 5.41) is 10.1. The Morgan fingerprint density at radius 1 is 1.00 bits per heavy atom. The van der Waals surface area contributed by atoms with E-state index in [9.17, 15) is 19.5 Å². The van der Waals surface area contributed by atoms with E-state index in [1.54, 1.807) is 48.5 Å². The first-order chi connectivity index (χ1) is 14.5. The van der Waals surface area contributed by atoms with E-state index in [4.69, 9.17) is 4.74 Å². The molecule has 30 heavy (non-hydrogen) atoms. The first kappa shape index (κ1) is 20.3. The Kier molecular flexibility index (Phi) is 5.95. The average molecular weight is 407 g/mol. The van der Waals surface area contributed by atoms with Gasteiger partial charge in [-0.1, -0.05) is 37.1 Å². The van der Waals surface area contributed by atoms with Crippen LogP contribution in [-0.4, -0.2) is 46.9 Å². The second-order valence-electron chi connectivity index (χ2n) is 7.93. The van der Waals surface area contributed by atoms with Crippen molar-refractivity contribution in [2.24, 2.45) is 5.92 Å². The lowest BCUT2D eigenvalue weighted by Crippen LogP contribution is -2.31. The Labute approximate surface area is 175 Å². The summed E-state index contributed by atoms with van der Waals surface area (Å²) in [6.45, 7) is 0.471. The number of hydrogen-bond donors (Lipinski definition) is 1. The number of benzene rings is 2. The normalized spacial score (nSPS) is 20.9. The van der Waals surface area contributed by atoms with E-state index in [0.29, 0.717) is 29.0 Å². The van der Waals surface area contributed by atoms with Gasteiger partial charge in [-0.2, -0.15) is 0 Å². The van der Waals surface area contributed by atoms with Crippen LogP contribution in [0.15, 0.2) is 48.5 Å². The zero-order valence-corrected chi connectivity index (χ0v) is 16.8. The highest BCUT2D eigenvalue weighted by molar-refractivity contribution is 6.21. The van der Waals surface area contributed by atoms with Crippen molar-refractivity contribution in [3.63, 3.8) is 0 Å². The first-order valence-electron chi connectivity index (χ1n) is 10.4. The number of nitrogens with zero attached hydrogens (tertiary/aromatic N) is 1. The van der Waals surface area contributed by atoms with E-state index in [2.05, 4.69) is 0 Å². The van der Waals surface area contributed by atoms with Crippen LogP contribution in [-0.2, 0) is 0 Å². The molecule has 0 aromatic heterocycles. The molecule has 2 aromatic carbocycles. The van der Waals surface area contributed by atoms with Crippen molar-refractivity contribution >= 4 is 17.6 Å². The van der Waals surface area contributed by atoms with Crippen LogP contribution in [0.5, 0.6) is 5.75 Å². The summed E-state index contributed by atoms with van der Waals surface area (Å²) >= 11 is 0. The lowest BCUT2D eigenvalue weighted by Gasteiger charge is -2.27. The molecule has 1 aliphatic carbocycles. The van der Waals surface area contributed by atoms with E-state index >= 15 is 0 Å². The molecule has 6 heteroatoms. The third kappa shape index (κ3) is 4.14. The van der Waals surface area contributed by atoms with Crippen molar-refractivity contribution < 1.29 is 24.2 Å². The molecule has 1 heterocycles. The van der Waals surface area contributed by atoms with Crippen LogP contribution in [0.2, 0.25) is 0 Å². The monoisotopic (exact) mass is 407 g/mol. The molecule has 1 fully saturated rings. The molecule has 1 aliphatic heterocycles. The lowest BCUT2D eigenvalue weighted by atomic mass is 9.87. The molecule has 2 atom stereocenters. The molecule has 1 N–H and O–H groups in total. The summed E-state index contributed by atoms with van der Waals surface area (Å²) in [4.78, 5) is 38.6. The molecule has 156 valence electrons. The Morgan fingerprint density at radius 2 is 1.70 bits per heavy atom. The topological polar surface area (TPSA) is 83.9 Å². The summed E-state index contributed by atoms with van der Waals surface area (Å²) in [5.74, 6) is -0.168. The van der Waals surface area contributed by atoms with Gasteiger partial charge in [-0.25, -0.2) is 0 Å². The fraction of sp³-hybridized carbons (Fsp3) is 0.375. The van der Waals surface area contributed by atoms with Crippen LogP contribution in [0.3, 0.4) is 0 Å². The van der Waals surface area contributed by atoms with Gasteiger partial charge < -0.3 is 9.84 Å². The van der Waals surface area contributed by atoms with Crippen molar-refractivity contribution in [1.82, 2.24) is 4.90 Å². The smallest absolute Gasteiger partial charge is 0.261 e. The Balaban J connectivity index is 1.35. The first-order valence-corrected chi connectivity index (χ1v) is 10.4. The molecule has 2 aliphatic rings. The number of carbonyl (C=O) groups is 3. The maximum absolute atomic E-state index is 12.7. The van der Waals surface area contributed by atoms with Gasteiger partial charge >= 0.3 is 0 Å². The van der Waals surface area contributed by atoms with Crippen molar-refractivity contribution in [1.29, 1.82) is 0 Å². The van der Waals surface area contributed by atoms with Crippen molar-refractivity contribution in [2.45, 2.75) is 38.2 Å². The van der Waals surface area contributed by atoms with Crippen LogP contribution in [0.25, 0.3) is 0 Å². The Hall–Kier alpha value is -2.99. The highest BCUT2D eigenvalue weighted by Gasteiger charge is 2.35. The molecule has 1 saturated carbocycles. The number of aliphatic hydroxyl groups excluding tert-OH is 1. The molecule has 0 unspecified atom stereocenters. The van der Waals surface area contributed by atoms with Gasteiger partial charge in [0, 0.05) is 24.4 Å². The number of imide groups is 1. The number of Topliss-reactive ketones (excluding diaryl/α,β-unsaturated/α-hetero) is 1. The number of hydrogen-bond acceptors (Lipinski definition) is 5. The number of fused-ring (bicyclic) bond motifs is 1. The SMILES string of the molecule is O=C(CCN1C(=O)c2ccccc2C1=O)c1cccc(OC[C@H]2CCCC[C@H]2O)c1. The fourth-order valence-electron chi connectivity index (χ4n) is 4.14. The van der Waals surface area contributed by atoms with Crippen LogP contribution in [0.4, 0.5) is 0 Å².